The van der Waals surface area contributed by atoms with E-state index in [2.05, 4.69) is 10.1 Å². The highest BCUT2D eigenvalue weighted by Gasteiger charge is 2.29. The summed E-state index contributed by atoms with van der Waals surface area (Å²) in [6.45, 7) is 2.92. The van der Waals surface area contributed by atoms with Crippen LogP contribution in [-0.2, 0) is 9.63 Å². The molecule has 0 atom stereocenters. The normalized spacial score (nSPS) is 13.2. The molecule has 0 radical (unpaired) electrons. The molecule has 0 bridgehead atoms. The number of aromatic nitrogens is 2. The molecule has 4 aromatic rings. The molecule has 0 unspecified atom stereocenters. The van der Waals surface area contributed by atoms with E-state index in [1.165, 1.54) is 13.8 Å². The molecule has 24 heavy (non-hydrogen) atoms. The summed E-state index contributed by atoms with van der Waals surface area (Å²) < 4.78 is 2.01. The number of carboxylic acid groups (broad SMARTS) is 1. The summed E-state index contributed by atoms with van der Waals surface area (Å²) in [4.78, 5) is 21.1. The van der Waals surface area contributed by atoms with Gasteiger partial charge in [0, 0.05) is 17.8 Å². The van der Waals surface area contributed by atoms with E-state index in [9.17, 15) is 9.90 Å². The summed E-state index contributed by atoms with van der Waals surface area (Å²) in [7, 11) is 0. The van der Waals surface area contributed by atoms with Crippen LogP contribution in [0.25, 0.3) is 27.3 Å². The van der Waals surface area contributed by atoms with Crippen molar-refractivity contribution in [1.82, 2.24) is 9.38 Å². The van der Waals surface area contributed by atoms with Gasteiger partial charge >= 0.3 is 5.97 Å². The second-order valence-electron chi connectivity index (χ2n) is 6.14. The van der Waals surface area contributed by atoms with Crippen molar-refractivity contribution in [1.29, 1.82) is 0 Å². The maximum absolute atomic E-state index is 11.3. The molecule has 0 aliphatic carbocycles. The van der Waals surface area contributed by atoms with Crippen molar-refractivity contribution in [2.24, 2.45) is 5.16 Å². The van der Waals surface area contributed by atoms with Crippen molar-refractivity contribution >= 4 is 33.3 Å². The van der Waals surface area contributed by atoms with Crippen LogP contribution >= 0.6 is 0 Å². The molecular weight excluding hydrogens is 306 g/mol. The Morgan fingerprint density at radius 3 is 2.79 bits per heavy atom. The summed E-state index contributed by atoms with van der Waals surface area (Å²) in [5.41, 5.74) is 1.10. The molecule has 0 aliphatic rings. The average molecular weight is 321 g/mol. The van der Waals surface area contributed by atoms with E-state index in [-0.39, 0.29) is 0 Å². The molecule has 4 rings (SSSR count). The van der Waals surface area contributed by atoms with Crippen LogP contribution < -0.4 is 5.36 Å². The number of aliphatic carboxylic acids is 1. The van der Waals surface area contributed by atoms with Crippen molar-refractivity contribution < 1.29 is 14.7 Å². The number of nitrogens with zero attached hydrogens (tertiary/aromatic N) is 3. The van der Waals surface area contributed by atoms with E-state index in [1.807, 2.05) is 47.0 Å². The van der Waals surface area contributed by atoms with Gasteiger partial charge < -0.3 is 14.3 Å². The van der Waals surface area contributed by atoms with Crippen LogP contribution in [0.5, 0.6) is 0 Å². The van der Waals surface area contributed by atoms with E-state index in [0.717, 1.165) is 21.8 Å². The van der Waals surface area contributed by atoms with Crippen LogP contribution in [0.3, 0.4) is 0 Å². The summed E-state index contributed by atoms with van der Waals surface area (Å²) in [6, 6.07) is 11.8. The summed E-state index contributed by atoms with van der Waals surface area (Å²) in [5, 5.41) is 15.9. The zero-order valence-corrected chi connectivity index (χ0v) is 13.2. The van der Waals surface area contributed by atoms with Gasteiger partial charge in [0.15, 0.2) is 5.36 Å². The van der Waals surface area contributed by atoms with Gasteiger partial charge in [0.1, 0.15) is 5.52 Å². The summed E-state index contributed by atoms with van der Waals surface area (Å²) in [5.74, 6) is -1.08. The van der Waals surface area contributed by atoms with Gasteiger partial charge in [-0.2, -0.15) is 0 Å². The minimum Gasteiger partial charge on any atom is -0.478 e. The fourth-order valence-corrected chi connectivity index (χ4v) is 2.79. The number of pyridine rings is 2. The van der Waals surface area contributed by atoms with Crippen LogP contribution in [0.1, 0.15) is 13.8 Å². The molecule has 6 nitrogen and oxygen atoms in total. The molecule has 0 spiro atoms. The van der Waals surface area contributed by atoms with Gasteiger partial charge in [-0.1, -0.05) is 17.3 Å². The van der Waals surface area contributed by atoms with E-state index in [1.54, 1.807) is 6.20 Å². The highest BCUT2D eigenvalue weighted by atomic mass is 16.7. The third-order valence-electron chi connectivity index (χ3n) is 4.12. The number of hydrogen-bond donors (Lipinski definition) is 1. The SMILES string of the molecule is CC(C)(O/N=c1\c2nccc3cccc(c32)n2cccc12)C(=O)O. The monoisotopic (exact) mass is 321 g/mol. The fourth-order valence-electron chi connectivity index (χ4n) is 2.79. The van der Waals surface area contributed by atoms with Crippen LogP contribution in [-0.4, -0.2) is 26.1 Å². The predicted molar refractivity (Wildman–Crippen MR) is 89.8 cm³/mol. The number of carbonyl (C=O) groups is 1. The predicted octanol–water partition coefficient (Wildman–Crippen LogP) is 2.77. The Labute approximate surface area is 137 Å². The van der Waals surface area contributed by atoms with Crippen molar-refractivity contribution in [3.05, 3.63) is 54.1 Å². The lowest BCUT2D eigenvalue weighted by molar-refractivity contribution is -0.161. The van der Waals surface area contributed by atoms with Gasteiger partial charge in [-0.25, -0.2) is 4.79 Å². The second kappa shape index (κ2) is 4.92. The average Bonchev–Trinajstić information content (AvgIpc) is 3.04. The highest BCUT2D eigenvalue weighted by molar-refractivity contribution is 6.08. The van der Waals surface area contributed by atoms with Gasteiger partial charge in [-0.15, -0.1) is 0 Å². The molecule has 1 N–H and O–H groups in total. The zero-order valence-electron chi connectivity index (χ0n) is 13.2. The largest absolute Gasteiger partial charge is 0.478 e. The maximum Gasteiger partial charge on any atom is 0.350 e. The fraction of sp³-hybridized carbons (Fsp3) is 0.167. The Morgan fingerprint density at radius 1 is 1.21 bits per heavy atom. The lowest BCUT2D eigenvalue weighted by Gasteiger charge is -2.16. The van der Waals surface area contributed by atoms with Gasteiger partial charge in [0.25, 0.3) is 0 Å². The Morgan fingerprint density at radius 2 is 2.00 bits per heavy atom. The molecule has 0 amide bonds. The van der Waals surface area contributed by atoms with Crippen molar-refractivity contribution in [3.63, 3.8) is 0 Å². The minimum absolute atomic E-state index is 0.527. The molecule has 0 fully saturated rings. The molecular formula is C18H15N3O3. The molecule has 3 aromatic heterocycles. The summed E-state index contributed by atoms with van der Waals surface area (Å²) in [6.07, 6.45) is 3.66. The summed E-state index contributed by atoms with van der Waals surface area (Å²) >= 11 is 0. The van der Waals surface area contributed by atoms with Crippen molar-refractivity contribution in [3.8, 4) is 0 Å². The minimum atomic E-state index is -1.42. The molecule has 0 saturated carbocycles. The van der Waals surface area contributed by atoms with E-state index in [0.29, 0.717) is 10.9 Å². The van der Waals surface area contributed by atoms with Crippen molar-refractivity contribution in [2.45, 2.75) is 19.4 Å². The quantitative estimate of drug-likeness (QED) is 0.589. The molecule has 6 heteroatoms. The lowest BCUT2D eigenvalue weighted by Crippen LogP contribution is -2.33. The van der Waals surface area contributed by atoms with E-state index < -0.39 is 11.6 Å². The molecule has 3 heterocycles. The standard InChI is InChI=1S/C18H15N3O3/c1-18(2,17(22)23)24-20-15-13-7-4-10-21(13)12-6-3-5-11-8-9-19-16(15)14(11)12/h3-10H,1-2H3,(H,22,23)/b20-15-. The van der Waals surface area contributed by atoms with Gasteiger partial charge in [0.05, 0.1) is 11.0 Å². The first-order chi connectivity index (χ1) is 11.5. The Balaban J connectivity index is 2.12. The molecule has 120 valence electrons. The van der Waals surface area contributed by atoms with E-state index >= 15 is 0 Å². The lowest BCUT2D eigenvalue weighted by atomic mass is 10.1. The molecule has 0 aliphatic heterocycles. The van der Waals surface area contributed by atoms with Crippen molar-refractivity contribution in [2.75, 3.05) is 0 Å². The third-order valence-corrected chi connectivity index (χ3v) is 4.12. The maximum atomic E-state index is 11.3. The van der Waals surface area contributed by atoms with E-state index in [4.69, 9.17) is 4.84 Å². The number of carboxylic acids is 1. The van der Waals surface area contributed by atoms with Gasteiger partial charge in [-0.3, -0.25) is 4.98 Å². The first kappa shape index (κ1) is 14.4. The second-order valence-corrected chi connectivity index (χ2v) is 6.14. The smallest absolute Gasteiger partial charge is 0.350 e. The van der Waals surface area contributed by atoms with Crippen LogP contribution in [0, 0.1) is 0 Å². The van der Waals surface area contributed by atoms with Crippen LogP contribution in [0.15, 0.2) is 53.9 Å². The number of hydrogen-bond acceptors (Lipinski definition) is 4. The van der Waals surface area contributed by atoms with Gasteiger partial charge in [-0.05, 0) is 43.5 Å². The number of fused-ring (bicyclic) bond motifs is 2. The molecule has 1 aromatic carbocycles. The van der Waals surface area contributed by atoms with Gasteiger partial charge in [0.2, 0.25) is 5.60 Å². The Bertz CT molecular complexity index is 1140. The number of benzene rings is 1. The first-order valence-corrected chi connectivity index (χ1v) is 7.55. The highest BCUT2D eigenvalue weighted by Crippen LogP contribution is 2.24. The Hall–Kier alpha value is -3.15. The number of rotatable bonds is 3. The van der Waals surface area contributed by atoms with Crippen LogP contribution in [0.4, 0.5) is 0 Å². The van der Waals surface area contributed by atoms with Crippen LogP contribution in [0.2, 0.25) is 0 Å². The first-order valence-electron chi connectivity index (χ1n) is 7.55. The third kappa shape index (κ3) is 2.00. The topological polar surface area (TPSA) is 76.2 Å². The Kier molecular flexibility index (Phi) is 2.96. The zero-order chi connectivity index (χ0) is 16.9. The molecule has 0 saturated heterocycles.